The van der Waals surface area contributed by atoms with Crippen molar-refractivity contribution in [3.8, 4) is 5.75 Å². The zero-order valence-electron chi connectivity index (χ0n) is 13.9. The number of hydrogen-bond acceptors (Lipinski definition) is 7. The van der Waals surface area contributed by atoms with Crippen LogP contribution < -0.4 is 15.4 Å². The summed E-state index contributed by atoms with van der Waals surface area (Å²) in [4.78, 5) is 23.2. The lowest BCUT2D eigenvalue weighted by Crippen LogP contribution is -2.41. The lowest BCUT2D eigenvalue weighted by atomic mass is 10.3. The molecule has 1 saturated carbocycles. The topological polar surface area (TPSA) is 106 Å². The van der Waals surface area contributed by atoms with Crippen molar-refractivity contribution in [2.45, 2.75) is 37.1 Å². The number of halogens is 1. The van der Waals surface area contributed by atoms with Gasteiger partial charge in [0.05, 0.1) is 5.75 Å². The Morgan fingerprint density at radius 2 is 2.08 bits per heavy atom. The summed E-state index contributed by atoms with van der Waals surface area (Å²) in [6.07, 6.45) is 1.35. The van der Waals surface area contributed by atoms with Crippen LogP contribution in [0, 0.1) is 5.82 Å². The van der Waals surface area contributed by atoms with Gasteiger partial charge in [0.25, 0.3) is 11.1 Å². The largest absolute Gasteiger partial charge is 0.481 e. The number of imide groups is 1. The second-order valence-electron chi connectivity index (χ2n) is 5.70. The average molecular weight is 380 g/mol. The molecule has 2 aromatic rings. The molecule has 1 heterocycles. The van der Waals surface area contributed by atoms with Gasteiger partial charge in [-0.15, -0.1) is 10.2 Å². The summed E-state index contributed by atoms with van der Waals surface area (Å²) >= 11 is 1.01. The quantitative estimate of drug-likeness (QED) is 0.711. The fraction of sp³-hybridized carbons (Fsp3) is 0.375. The van der Waals surface area contributed by atoms with Gasteiger partial charge in [0.15, 0.2) is 6.10 Å². The van der Waals surface area contributed by atoms with Crippen LogP contribution in [-0.2, 0) is 4.79 Å². The highest BCUT2D eigenvalue weighted by molar-refractivity contribution is 7.99. The molecule has 8 nitrogen and oxygen atoms in total. The van der Waals surface area contributed by atoms with Crippen molar-refractivity contribution in [2.24, 2.45) is 0 Å². The van der Waals surface area contributed by atoms with Crippen LogP contribution in [0.3, 0.4) is 0 Å². The fourth-order valence-corrected chi connectivity index (χ4v) is 2.52. The molecular formula is C16H17FN4O4S. The summed E-state index contributed by atoms with van der Waals surface area (Å²) in [6.45, 7) is 1.71. The Morgan fingerprint density at radius 1 is 1.35 bits per heavy atom. The molecule has 1 aliphatic rings. The van der Waals surface area contributed by atoms with Gasteiger partial charge in [0, 0.05) is 6.04 Å². The van der Waals surface area contributed by atoms with Crippen LogP contribution in [0.15, 0.2) is 33.9 Å². The standard InChI is InChI=1S/C16H17FN4O4S/c1-9(24-12-6-2-10(17)3-7-12)14-20-21-16(25-14)26-8-13(22)19-15(23)18-11-4-5-11/h2-3,6-7,9,11H,4-5,8H2,1H3,(H2,18,19,22,23)/t9-/m0/s1. The van der Waals surface area contributed by atoms with E-state index in [1.165, 1.54) is 24.3 Å². The first-order valence-electron chi connectivity index (χ1n) is 7.98. The van der Waals surface area contributed by atoms with Gasteiger partial charge >= 0.3 is 6.03 Å². The Labute approximate surface area is 152 Å². The predicted octanol–water partition coefficient (Wildman–Crippen LogP) is 2.43. The minimum absolute atomic E-state index is 0.0348. The van der Waals surface area contributed by atoms with E-state index in [1.807, 2.05) is 0 Å². The fourth-order valence-electron chi connectivity index (χ4n) is 1.95. The molecule has 138 valence electrons. The van der Waals surface area contributed by atoms with Crippen LogP contribution in [0.2, 0.25) is 0 Å². The molecule has 0 saturated heterocycles. The van der Waals surface area contributed by atoms with Crippen LogP contribution in [0.5, 0.6) is 5.75 Å². The number of carbonyl (C=O) groups excluding carboxylic acids is 2. The molecule has 0 unspecified atom stereocenters. The Morgan fingerprint density at radius 3 is 2.77 bits per heavy atom. The molecule has 0 bridgehead atoms. The normalized spacial score (nSPS) is 14.5. The van der Waals surface area contributed by atoms with Crippen LogP contribution in [-0.4, -0.2) is 33.9 Å². The maximum atomic E-state index is 12.9. The minimum atomic E-state index is -0.541. The Balaban J connectivity index is 1.45. The van der Waals surface area contributed by atoms with E-state index in [-0.39, 0.29) is 28.7 Å². The second-order valence-corrected chi connectivity index (χ2v) is 6.63. The minimum Gasteiger partial charge on any atom is -0.481 e. The van der Waals surface area contributed by atoms with Gasteiger partial charge in [-0.1, -0.05) is 11.8 Å². The molecule has 1 fully saturated rings. The van der Waals surface area contributed by atoms with Gasteiger partial charge in [-0.25, -0.2) is 9.18 Å². The van der Waals surface area contributed by atoms with E-state index in [2.05, 4.69) is 20.8 Å². The average Bonchev–Trinajstić information content (AvgIpc) is 3.28. The number of benzene rings is 1. The first-order chi connectivity index (χ1) is 12.5. The van der Waals surface area contributed by atoms with E-state index < -0.39 is 18.0 Å². The van der Waals surface area contributed by atoms with Crippen molar-refractivity contribution in [3.05, 3.63) is 36.0 Å². The van der Waals surface area contributed by atoms with E-state index in [9.17, 15) is 14.0 Å². The van der Waals surface area contributed by atoms with E-state index in [0.29, 0.717) is 5.75 Å². The maximum absolute atomic E-state index is 12.9. The van der Waals surface area contributed by atoms with Crippen LogP contribution in [0.1, 0.15) is 31.8 Å². The van der Waals surface area contributed by atoms with Gasteiger partial charge in [0.1, 0.15) is 11.6 Å². The Hall–Kier alpha value is -2.62. The molecule has 1 aromatic carbocycles. The highest BCUT2D eigenvalue weighted by Crippen LogP contribution is 2.24. The highest BCUT2D eigenvalue weighted by atomic mass is 32.2. The summed E-state index contributed by atoms with van der Waals surface area (Å²) in [5.41, 5.74) is 0. The number of urea groups is 1. The maximum Gasteiger partial charge on any atom is 0.321 e. The first kappa shape index (κ1) is 18.2. The summed E-state index contributed by atoms with van der Waals surface area (Å²) in [5, 5.41) is 12.8. The molecule has 26 heavy (non-hydrogen) atoms. The molecule has 0 aliphatic heterocycles. The number of nitrogens with one attached hydrogen (secondary N) is 2. The van der Waals surface area contributed by atoms with Crippen molar-refractivity contribution < 1.29 is 23.1 Å². The lowest BCUT2D eigenvalue weighted by Gasteiger charge is -2.10. The van der Waals surface area contributed by atoms with Gasteiger partial charge in [-0.2, -0.15) is 0 Å². The number of amides is 3. The molecule has 1 atom stereocenters. The van der Waals surface area contributed by atoms with E-state index >= 15 is 0 Å². The summed E-state index contributed by atoms with van der Waals surface area (Å²) in [7, 11) is 0. The molecule has 2 N–H and O–H groups in total. The summed E-state index contributed by atoms with van der Waals surface area (Å²) < 4.78 is 23.9. The number of thioether (sulfide) groups is 1. The molecule has 1 aromatic heterocycles. The SMILES string of the molecule is C[C@H](Oc1ccc(F)cc1)c1nnc(SCC(=O)NC(=O)NC2CC2)o1. The number of rotatable bonds is 7. The van der Waals surface area contributed by atoms with Gasteiger partial charge in [-0.05, 0) is 44.0 Å². The summed E-state index contributed by atoms with van der Waals surface area (Å²) in [6, 6.07) is 5.25. The number of carbonyl (C=O) groups is 2. The van der Waals surface area contributed by atoms with E-state index in [0.717, 1.165) is 24.6 Å². The monoisotopic (exact) mass is 380 g/mol. The van der Waals surface area contributed by atoms with E-state index in [1.54, 1.807) is 6.92 Å². The first-order valence-corrected chi connectivity index (χ1v) is 8.97. The number of aromatic nitrogens is 2. The van der Waals surface area contributed by atoms with Gasteiger partial charge < -0.3 is 14.5 Å². The third-order valence-electron chi connectivity index (χ3n) is 3.39. The molecule has 3 rings (SSSR count). The number of ether oxygens (including phenoxy) is 1. The van der Waals surface area contributed by atoms with Crippen LogP contribution >= 0.6 is 11.8 Å². The van der Waals surface area contributed by atoms with Crippen molar-refractivity contribution in [3.63, 3.8) is 0 Å². The van der Waals surface area contributed by atoms with E-state index in [4.69, 9.17) is 9.15 Å². The third-order valence-corrected chi connectivity index (χ3v) is 4.21. The lowest BCUT2D eigenvalue weighted by molar-refractivity contribution is -0.117. The third kappa shape index (κ3) is 5.45. The zero-order valence-corrected chi connectivity index (χ0v) is 14.7. The van der Waals surface area contributed by atoms with Gasteiger partial charge in [-0.3, -0.25) is 10.1 Å². The highest BCUT2D eigenvalue weighted by Gasteiger charge is 2.24. The smallest absolute Gasteiger partial charge is 0.321 e. The number of hydrogen-bond donors (Lipinski definition) is 2. The summed E-state index contributed by atoms with van der Waals surface area (Å²) in [5.74, 6) is -0.155. The predicted molar refractivity (Wildman–Crippen MR) is 90.2 cm³/mol. The second kappa shape index (κ2) is 8.17. The van der Waals surface area contributed by atoms with Crippen LogP contribution in [0.4, 0.5) is 9.18 Å². The molecule has 10 heteroatoms. The number of nitrogens with zero attached hydrogens (tertiary/aromatic N) is 2. The molecular weight excluding hydrogens is 363 g/mol. The Bertz CT molecular complexity index is 779. The molecule has 0 spiro atoms. The molecule has 0 radical (unpaired) electrons. The zero-order chi connectivity index (χ0) is 18.5. The van der Waals surface area contributed by atoms with Crippen molar-refractivity contribution in [2.75, 3.05) is 5.75 Å². The van der Waals surface area contributed by atoms with Crippen molar-refractivity contribution >= 4 is 23.7 Å². The van der Waals surface area contributed by atoms with Crippen molar-refractivity contribution in [1.82, 2.24) is 20.8 Å². The molecule has 1 aliphatic carbocycles. The van der Waals surface area contributed by atoms with Crippen LogP contribution in [0.25, 0.3) is 0 Å². The molecule has 3 amide bonds. The van der Waals surface area contributed by atoms with Gasteiger partial charge in [0.2, 0.25) is 5.91 Å². The van der Waals surface area contributed by atoms with Crippen molar-refractivity contribution in [1.29, 1.82) is 0 Å². The Kier molecular flexibility index (Phi) is 5.71.